The van der Waals surface area contributed by atoms with Crippen molar-refractivity contribution in [3.8, 4) is 0 Å². The van der Waals surface area contributed by atoms with Gasteiger partial charge in [-0.15, -0.1) is 0 Å². The smallest absolute Gasteiger partial charge is 0.123 e. The van der Waals surface area contributed by atoms with Crippen LogP contribution in [0.15, 0.2) is 36.9 Å². The van der Waals surface area contributed by atoms with Crippen LogP contribution < -0.4 is 11.3 Å². The van der Waals surface area contributed by atoms with E-state index in [9.17, 15) is 4.39 Å². The van der Waals surface area contributed by atoms with Crippen molar-refractivity contribution in [3.05, 3.63) is 59.4 Å². The summed E-state index contributed by atoms with van der Waals surface area (Å²) in [6, 6.07) is 4.30. The summed E-state index contributed by atoms with van der Waals surface area (Å²) in [6.07, 6.45) is 4.75. The Bertz CT molecular complexity index is 501. The van der Waals surface area contributed by atoms with Gasteiger partial charge in [-0.05, 0) is 30.2 Å². The van der Waals surface area contributed by atoms with E-state index in [-0.39, 0.29) is 11.9 Å². The first-order valence-electron chi connectivity index (χ1n) is 5.19. The lowest BCUT2D eigenvalue weighted by Gasteiger charge is -2.18. The summed E-state index contributed by atoms with van der Waals surface area (Å²) >= 11 is 0. The maximum Gasteiger partial charge on any atom is 0.123 e. The quantitative estimate of drug-likeness (QED) is 0.621. The molecule has 0 aliphatic carbocycles. The first-order valence-corrected chi connectivity index (χ1v) is 5.19. The van der Waals surface area contributed by atoms with Gasteiger partial charge in [-0.3, -0.25) is 5.84 Å². The average molecular weight is 232 g/mol. The lowest BCUT2D eigenvalue weighted by Crippen LogP contribution is -2.29. The molecule has 0 amide bonds. The minimum Gasteiger partial charge on any atom is -0.271 e. The summed E-state index contributed by atoms with van der Waals surface area (Å²) in [4.78, 5) is 7.86. The average Bonchev–Trinajstić information content (AvgIpc) is 2.36. The Morgan fingerprint density at radius 3 is 2.65 bits per heavy atom. The zero-order chi connectivity index (χ0) is 12.3. The van der Waals surface area contributed by atoms with Crippen molar-refractivity contribution >= 4 is 0 Å². The SMILES string of the molecule is Cc1ccc(F)cc1C(NN)c1cncnc1. The highest BCUT2D eigenvalue weighted by molar-refractivity contribution is 5.35. The number of halogens is 1. The molecule has 1 atom stereocenters. The molecule has 0 bridgehead atoms. The molecule has 2 rings (SSSR count). The van der Waals surface area contributed by atoms with Gasteiger partial charge in [0.05, 0.1) is 6.04 Å². The number of hydrazine groups is 1. The van der Waals surface area contributed by atoms with Crippen LogP contribution in [-0.2, 0) is 0 Å². The second-order valence-corrected chi connectivity index (χ2v) is 3.77. The molecule has 17 heavy (non-hydrogen) atoms. The normalized spacial score (nSPS) is 12.4. The van der Waals surface area contributed by atoms with Gasteiger partial charge in [0.25, 0.3) is 0 Å². The summed E-state index contributed by atoms with van der Waals surface area (Å²) in [5.41, 5.74) is 5.19. The molecule has 2 aromatic rings. The first-order chi connectivity index (χ1) is 8.22. The molecule has 0 aliphatic heterocycles. The highest BCUT2D eigenvalue weighted by Gasteiger charge is 2.15. The largest absolute Gasteiger partial charge is 0.271 e. The number of nitrogens with zero attached hydrogens (tertiary/aromatic N) is 2. The Balaban J connectivity index is 2.46. The zero-order valence-electron chi connectivity index (χ0n) is 9.39. The van der Waals surface area contributed by atoms with Crippen LogP contribution in [0, 0.1) is 12.7 Å². The van der Waals surface area contributed by atoms with Crippen LogP contribution in [0.25, 0.3) is 0 Å². The second-order valence-electron chi connectivity index (χ2n) is 3.77. The van der Waals surface area contributed by atoms with Crippen molar-refractivity contribution in [2.45, 2.75) is 13.0 Å². The van der Waals surface area contributed by atoms with Gasteiger partial charge < -0.3 is 0 Å². The fourth-order valence-electron chi connectivity index (χ4n) is 1.75. The van der Waals surface area contributed by atoms with Crippen LogP contribution in [0.4, 0.5) is 4.39 Å². The van der Waals surface area contributed by atoms with Gasteiger partial charge in [0.15, 0.2) is 0 Å². The Morgan fingerprint density at radius 2 is 2.00 bits per heavy atom. The van der Waals surface area contributed by atoms with E-state index in [4.69, 9.17) is 5.84 Å². The number of nitrogens with one attached hydrogen (secondary N) is 1. The summed E-state index contributed by atoms with van der Waals surface area (Å²) in [6.45, 7) is 1.91. The molecule has 3 N–H and O–H groups in total. The molecule has 5 heteroatoms. The number of benzene rings is 1. The third kappa shape index (κ3) is 2.46. The van der Waals surface area contributed by atoms with Crippen molar-refractivity contribution in [2.24, 2.45) is 5.84 Å². The molecule has 4 nitrogen and oxygen atoms in total. The number of hydrogen-bond acceptors (Lipinski definition) is 4. The van der Waals surface area contributed by atoms with Gasteiger partial charge in [-0.2, -0.15) is 0 Å². The van der Waals surface area contributed by atoms with E-state index in [2.05, 4.69) is 15.4 Å². The molecule has 1 unspecified atom stereocenters. The van der Waals surface area contributed by atoms with E-state index in [1.54, 1.807) is 18.5 Å². The number of aromatic nitrogens is 2. The van der Waals surface area contributed by atoms with Gasteiger partial charge in [0, 0.05) is 18.0 Å². The molecular weight excluding hydrogens is 219 g/mol. The molecular formula is C12H13FN4. The fourth-order valence-corrected chi connectivity index (χ4v) is 1.75. The lowest BCUT2D eigenvalue weighted by molar-refractivity contribution is 0.600. The summed E-state index contributed by atoms with van der Waals surface area (Å²) in [5.74, 6) is 5.24. The molecule has 0 fully saturated rings. The highest BCUT2D eigenvalue weighted by Crippen LogP contribution is 2.23. The number of rotatable bonds is 3. The summed E-state index contributed by atoms with van der Waals surface area (Å²) in [7, 11) is 0. The molecule has 0 saturated heterocycles. The summed E-state index contributed by atoms with van der Waals surface area (Å²) in [5, 5.41) is 0. The van der Waals surface area contributed by atoms with E-state index < -0.39 is 0 Å². The molecule has 1 heterocycles. The van der Waals surface area contributed by atoms with Crippen LogP contribution in [0.1, 0.15) is 22.7 Å². The molecule has 1 aromatic carbocycles. The van der Waals surface area contributed by atoms with Crippen molar-refractivity contribution in [3.63, 3.8) is 0 Å². The third-order valence-corrected chi connectivity index (χ3v) is 2.63. The van der Waals surface area contributed by atoms with Gasteiger partial charge in [-0.25, -0.2) is 19.8 Å². The lowest BCUT2D eigenvalue weighted by atomic mass is 9.97. The van der Waals surface area contributed by atoms with Gasteiger partial charge in [0.2, 0.25) is 0 Å². The van der Waals surface area contributed by atoms with Gasteiger partial charge in [0.1, 0.15) is 12.1 Å². The Hall–Kier alpha value is -1.85. The van der Waals surface area contributed by atoms with E-state index in [1.165, 1.54) is 18.5 Å². The predicted molar refractivity (Wildman–Crippen MR) is 62.3 cm³/mol. The topological polar surface area (TPSA) is 63.8 Å². The van der Waals surface area contributed by atoms with E-state index in [0.717, 1.165) is 16.7 Å². The van der Waals surface area contributed by atoms with Crippen LogP contribution in [-0.4, -0.2) is 9.97 Å². The first kappa shape index (κ1) is 11.6. The van der Waals surface area contributed by atoms with Gasteiger partial charge in [-0.1, -0.05) is 6.07 Å². The Kier molecular flexibility index (Phi) is 3.41. The Morgan fingerprint density at radius 1 is 1.29 bits per heavy atom. The van der Waals surface area contributed by atoms with Crippen molar-refractivity contribution in [1.82, 2.24) is 15.4 Å². The number of nitrogens with two attached hydrogens (primary N) is 1. The van der Waals surface area contributed by atoms with Crippen LogP contribution >= 0.6 is 0 Å². The molecule has 88 valence electrons. The molecule has 0 aliphatic rings. The standard InChI is InChI=1S/C12H13FN4/c1-8-2-3-10(13)4-11(8)12(17-14)9-5-15-7-16-6-9/h2-7,12,17H,14H2,1H3. The monoisotopic (exact) mass is 232 g/mol. The maximum atomic E-state index is 13.3. The summed E-state index contributed by atoms with van der Waals surface area (Å²) < 4.78 is 13.3. The Labute approximate surface area is 98.7 Å². The van der Waals surface area contributed by atoms with Gasteiger partial charge >= 0.3 is 0 Å². The second kappa shape index (κ2) is 4.99. The van der Waals surface area contributed by atoms with Crippen molar-refractivity contribution < 1.29 is 4.39 Å². The zero-order valence-corrected chi connectivity index (χ0v) is 9.39. The van der Waals surface area contributed by atoms with E-state index in [0.29, 0.717) is 0 Å². The van der Waals surface area contributed by atoms with Crippen LogP contribution in [0.2, 0.25) is 0 Å². The number of hydrogen-bond donors (Lipinski definition) is 2. The minimum absolute atomic E-state index is 0.289. The van der Waals surface area contributed by atoms with Crippen molar-refractivity contribution in [1.29, 1.82) is 0 Å². The molecule has 0 radical (unpaired) electrons. The maximum absolute atomic E-state index is 13.3. The highest BCUT2D eigenvalue weighted by atomic mass is 19.1. The third-order valence-electron chi connectivity index (χ3n) is 2.63. The van der Waals surface area contributed by atoms with E-state index in [1.807, 2.05) is 6.92 Å². The number of aryl methyl sites for hydroxylation is 1. The fraction of sp³-hybridized carbons (Fsp3) is 0.167. The molecule has 1 aromatic heterocycles. The van der Waals surface area contributed by atoms with Crippen LogP contribution in [0.5, 0.6) is 0 Å². The minimum atomic E-state index is -0.313. The van der Waals surface area contributed by atoms with Crippen LogP contribution in [0.3, 0.4) is 0 Å². The molecule has 0 spiro atoms. The van der Waals surface area contributed by atoms with Crippen molar-refractivity contribution in [2.75, 3.05) is 0 Å². The van der Waals surface area contributed by atoms with E-state index >= 15 is 0 Å². The predicted octanol–water partition coefficient (Wildman–Crippen LogP) is 1.48. The molecule has 0 saturated carbocycles.